The van der Waals surface area contributed by atoms with E-state index >= 15 is 0 Å². The van der Waals surface area contributed by atoms with Crippen molar-refractivity contribution in [2.75, 3.05) is 0 Å². The van der Waals surface area contributed by atoms with Gasteiger partial charge in [-0.3, -0.25) is 4.98 Å². The summed E-state index contributed by atoms with van der Waals surface area (Å²) in [5, 5.41) is 0. The molecular formula is C15H18N2O2S. The highest BCUT2D eigenvalue weighted by Crippen LogP contribution is 2.22. The molecule has 0 bridgehead atoms. The van der Waals surface area contributed by atoms with E-state index in [9.17, 15) is 8.42 Å². The zero-order valence-electron chi connectivity index (χ0n) is 11.6. The van der Waals surface area contributed by atoms with Crippen LogP contribution in [0.5, 0.6) is 0 Å². The summed E-state index contributed by atoms with van der Waals surface area (Å²) in [6.45, 7) is 3.99. The molecule has 1 aromatic heterocycles. The van der Waals surface area contributed by atoms with Gasteiger partial charge >= 0.3 is 0 Å². The van der Waals surface area contributed by atoms with Gasteiger partial charge in [0.25, 0.3) is 0 Å². The first-order chi connectivity index (χ1) is 9.44. The van der Waals surface area contributed by atoms with Gasteiger partial charge < -0.3 is 5.73 Å². The number of hydrogen-bond acceptors (Lipinski definition) is 4. The Bertz CT molecular complexity index is 724. The Kier molecular flexibility index (Phi) is 4.20. The molecule has 0 saturated heterocycles. The minimum atomic E-state index is -3.39. The molecule has 0 fully saturated rings. The molecule has 2 aromatic rings. The number of benzene rings is 1. The van der Waals surface area contributed by atoms with Crippen molar-refractivity contribution >= 4 is 9.84 Å². The lowest BCUT2D eigenvalue weighted by Crippen LogP contribution is -2.11. The van der Waals surface area contributed by atoms with Crippen LogP contribution in [-0.4, -0.2) is 13.4 Å². The van der Waals surface area contributed by atoms with E-state index in [-0.39, 0.29) is 12.3 Å². The van der Waals surface area contributed by atoms with E-state index in [0.29, 0.717) is 16.2 Å². The predicted octanol–water partition coefficient (Wildman–Crippen LogP) is 2.13. The van der Waals surface area contributed by atoms with Gasteiger partial charge in [0.05, 0.1) is 16.3 Å². The lowest BCUT2D eigenvalue weighted by Gasteiger charge is -2.10. The second kappa shape index (κ2) is 5.73. The standard InChI is InChI=1S/C15H18N2O2S/c1-11-5-6-15(12(2)8-11)20(18,19)10-13-4-3-7-17-14(13)9-16/h3-8H,9-10,16H2,1-2H3. The van der Waals surface area contributed by atoms with Gasteiger partial charge in [-0.1, -0.05) is 23.8 Å². The van der Waals surface area contributed by atoms with E-state index in [1.165, 1.54) is 0 Å². The van der Waals surface area contributed by atoms with Gasteiger partial charge in [0, 0.05) is 12.7 Å². The van der Waals surface area contributed by atoms with E-state index in [1.54, 1.807) is 24.4 Å². The second-order valence-corrected chi connectivity index (χ2v) is 6.80. The van der Waals surface area contributed by atoms with E-state index in [4.69, 9.17) is 5.73 Å². The van der Waals surface area contributed by atoms with Crippen LogP contribution in [0.3, 0.4) is 0 Å². The van der Waals surface area contributed by atoms with Crippen molar-refractivity contribution < 1.29 is 8.42 Å². The van der Waals surface area contributed by atoms with Crippen LogP contribution in [0, 0.1) is 13.8 Å². The Morgan fingerprint density at radius 3 is 2.60 bits per heavy atom. The summed E-state index contributed by atoms with van der Waals surface area (Å²) in [7, 11) is -3.39. The molecular weight excluding hydrogens is 272 g/mol. The van der Waals surface area contributed by atoms with E-state index < -0.39 is 9.84 Å². The number of hydrogen-bond donors (Lipinski definition) is 1. The van der Waals surface area contributed by atoms with Gasteiger partial charge in [0.2, 0.25) is 0 Å². The van der Waals surface area contributed by atoms with Crippen LogP contribution in [0.25, 0.3) is 0 Å². The summed E-state index contributed by atoms with van der Waals surface area (Å²) in [6.07, 6.45) is 1.62. The van der Waals surface area contributed by atoms with Crippen molar-refractivity contribution in [3.63, 3.8) is 0 Å². The fourth-order valence-electron chi connectivity index (χ4n) is 2.22. The topological polar surface area (TPSA) is 73.0 Å². The number of sulfone groups is 1. The van der Waals surface area contributed by atoms with E-state index in [0.717, 1.165) is 11.1 Å². The van der Waals surface area contributed by atoms with Crippen molar-refractivity contribution in [3.8, 4) is 0 Å². The van der Waals surface area contributed by atoms with Gasteiger partial charge in [0.1, 0.15) is 0 Å². The highest BCUT2D eigenvalue weighted by Gasteiger charge is 2.19. The monoisotopic (exact) mass is 290 g/mol. The molecule has 0 aliphatic rings. The number of aryl methyl sites for hydroxylation is 2. The van der Waals surface area contributed by atoms with Crippen molar-refractivity contribution in [3.05, 3.63) is 58.9 Å². The van der Waals surface area contributed by atoms with Crippen LogP contribution in [0.2, 0.25) is 0 Å². The summed E-state index contributed by atoms with van der Waals surface area (Å²) >= 11 is 0. The molecule has 4 nitrogen and oxygen atoms in total. The Labute approximate surface area is 119 Å². The van der Waals surface area contributed by atoms with E-state index in [1.807, 2.05) is 26.0 Å². The highest BCUT2D eigenvalue weighted by molar-refractivity contribution is 7.90. The molecule has 0 amide bonds. The quantitative estimate of drug-likeness (QED) is 0.936. The summed E-state index contributed by atoms with van der Waals surface area (Å²) in [6, 6.07) is 8.84. The molecule has 0 aliphatic carbocycles. The third kappa shape index (κ3) is 3.05. The van der Waals surface area contributed by atoms with Gasteiger partial charge in [-0.25, -0.2) is 8.42 Å². The smallest absolute Gasteiger partial charge is 0.182 e. The van der Waals surface area contributed by atoms with Crippen molar-refractivity contribution in [2.45, 2.75) is 31.0 Å². The molecule has 0 unspecified atom stereocenters. The van der Waals surface area contributed by atoms with E-state index in [2.05, 4.69) is 4.98 Å². The second-order valence-electron chi connectivity index (χ2n) is 4.84. The molecule has 1 heterocycles. The summed E-state index contributed by atoms with van der Waals surface area (Å²) in [4.78, 5) is 4.49. The largest absolute Gasteiger partial charge is 0.325 e. The fourth-order valence-corrected chi connectivity index (χ4v) is 3.87. The predicted molar refractivity (Wildman–Crippen MR) is 78.9 cm³/mol. The van der Waals surface area contributed by atoms with Crippen LogP contribution >= 0.6 is 0 Å². The Morgan fingerprint density at radius 1 is 1.20 bits per heavy atom. The maximum atomic E-state index is 12.5. The van der Waals surface area contributed by atoms with Gasteiger partial charge in [-0.2, -0.15) is 0 Å². The molecule has 20 heavy (non-hydrogen) atoms. The molecule has 0 radical (unpaired) electrons. The lowest BCUT2D eigenvalue weighted by atomic mass is 10.2. The normalized spacial score (nSPS) is 11.6. The van der Waals surface area contributed by atoms with Gasteiger partial charge in [-0.05, 0) is 37.1 Å². The summed E-state index contributed by atoms with van der Waals surface area (Å²) < 4.78 is 25.1. The molecule has 106 valence electrons. The van der Waals surface area contributed by atoms with Crippen LogP contribution in [-0.2, 0) is 22.1 Å². The minimum absolute atomic E-state index is 0.0721. The third-order valence-electron chi connectivity index (χ3n) is 3.19. The van der Waals surface area contributed by atoms with Gasteiger partial charge in [0.15, 0.2) is 9.84 Å². The van der Waals surface area contributed by atoms with Gasteiger partial charge in [-0.15, -0.1) is 0 Å². The number of nitrogens with zero attached hydrogens (tertiary/aromatic N) is 1. The minimum Gasteiger partial charge on any atom is -0.325 e. The van der Waals surface area contributed by atoms with Crippen LogP contribution in [0.4, 0.5) is 0 Å². The summed E-state index contributed by atoms with van der Waals surface area (Å²) in [5.41, 5.74) is 8.70. The molecule has 0 aliphatic heterocycles. The number of nitrogens with two attached hydrogens (primary N) is 1. The molecule has 0 atom stereocenters. The average molecular weight is 290 g/mol. The van der Waals surface area contributed by atoms with Crippen molar-refractivity contribution in [1.82, 2.24) is 4.98 Å². The van der Waals surface area contributed by atoms with Crippen LogP contribution in [0.15, 0.2) is 41.4 Å². The molecule has 0 spiro atoms. The average Bonchev–Trinajstić information content (AvgIpc) is 2.38. The van der Waals surface area contributed by atoms with Crippen LogP contribution < -0.4 is 5.73 Å². The third-order valence-corrected chi connectivity index (χ3v) is 5.01. The first kappa shape index (κ1) is 14.7. The molecule has 2 N–H and O–H groups in total. The highest BCUT2D eigenvalue weighted by atomic mass is 32.2. The zero-order valence-corrected chi connectivity index (χ0v) is 12.4. The zero-order chi connectivity index (χ0) is 14.8. The lowest BCUT2D eigenvalue weighted by molar-refractivity contribution is 0.594. The fraction of sp³-hybridized carbons (Fsp3) is 0.267. The Morgan fingerprint density at radius 2 is 1.95 bits per heavy atom. The molecule has 5 heteroatoms. The number of aromatic nitrogens is 1. The molecule has 0 saturated carbocycles. The number of rotatable bonds is 4. The first-order valence-electron chi connectivity index (χ1n) is 6.37. The van der Waals surface area contributed by atoms with Crippen molar-refractivity contribution in [2.24, 2.45) is 5.73 Å². The summed E-state index contributed by atoms with van der Waals surface area (Å²) in [5.74, 6) is -0.0721. The maximum Gasteiger partial charge on any atom is 0.182 e. The molecule has 2 rings (SSSR count). The maximum absolute atomic E-state index is 12.5. The SMILES string of the molecule is Cc1ccc(S(=O)(=O)Cc2cccnc2CN)c(C)c1. The van der Waals surface area contributed by atoms with Crippen LogP contribution in [0.1, 0.15) is 22.4 Å². The Balaban J connectivity index is 2.41. The molecule has 1 aromatic carbocycles. The number of pyridine rings is 1. The Hall–Kier alpha value is -1.72. The van der Waals surface area contributed by atoms with Crippen molar-refractivity contribution in [1.29, 1.82) is 0 Å². The first-order valence-corrected chi connectivity index (χ1v) is 8.02.